The predicted molar refractivity (Wildman–Crippen MR) is 205 cm³/mol. The molecule has 0 aliphatic rings. The van der Waals surface area contributed by atoms with E-state index in [9.17, 15) is 14.4 Å². The molecule has 0 aliphatic heterocycles. The Morgan fingerprint density at radius 1 is 0.438 bits per heavy atom. The fraction of sp³-hybridized carbons (Fsp3) is 0.837. The van der Waals surface area contributed by atoms with Crippen LogP contribution in [0.2, 0.25) is 0 Å². The Kier molecular flexibility index (Phi) is 32.2. The topological polar surface area (TPSA) is 69.7 Å². The summed E-state index contributed by atoms with van der Waals surface area (Å²) < 4.78 is 11.2. The highest BCUT2D eigenvalue weighted by Crippen LogP contribution is 2.19. The minimum absolute atomic E-state index is 0.0409. The number of ketones is 2. The normalized spacial score (nSPS) is 13.2. The van der Waals surface area contributed by atoms with Crippen molar-refractivity contribution in [3.8, 4) is 0 Å². The Bertz CT molecular complexity index is 761. The van der Waals surface area contributed by atoms with Crippen LogP contribution in [-0.2, 0) is 19.1 Å². The minimum Gasteiger partial charge on any atom is -0.423 e. The molecule has 0 rings (SSSR count). The summed E-state index contributed by atoms with van der Waals surface area (Å²) in [7, 11) is 0. The molecule has 2 atom stereocenters. The van der Waals surface area contributed by atoms with E-state index in [0.29, 0.717) is 25.7 Å². The molecular weight excluding hydrogens is 596 g/mol. The van der Waals surface area contributed by atoms with E-state index in [2.05, 4.69) is 38.2 Å². The summed E-state index contributed by atoms with van der Waals surface area (Å²) in [6.07, 6.45) is 34.3. The van der Waals surface area contributed by atoms with Gasteiger partial charge in [-0.1, -0.05) is 143 Å². The van der Waals surface area contributed by atoms with Gasteiger partial charge in [0.25, 0.3) is 0 Å². The molecule has 0 aliphatic carbocycles. The molecule has 0 fully saturated rings. The van der Waals surface area contributed by atoms with Crippen molar-refractivity contribution < 1.29 is 23.9 Å². The molecule has 5 nitrogen and oxygen atoms in total. The average Bonchev–Trinajstić information content (AvgIpc) is 3.04. The molecule has 48 heavy (non-hydrogen) atoms. The van der Waals surface area contributed by atoms with Crippen LogP contribution in [0, 0.1) is 11.8 Å². The van der Waals surface area contributed by atoms with Crippen LogP contribution in [0.25, 0.3) is 0 Å². The maximum atomic E-state index is 13.1. The lowest BCUT2D eigenvalue weighted by molar-refractivity contribution is -0.134. The summed E-state index contributed by atoms with van der Waals surface area (Å²) in [5.41, 5.74) is 0. The molecule has 280 valence electrons. The van der Waals surface area contributed by atoms with Gasteiger partial charge in [-0.2, -0.15) is 0 Å². The number of Topliss-reactive ketones (excluding diaryl/α,β-unsaturated/α-hetero) is 2. The Hall–Kier alpha value is -1.91. The molecule has 0 spiro atoms. The summed E-state index contributed by atoms with van der Waals surface area (Å²) in [6, 6.07) is 0. The van der Waals surface area contributed by atoms with E-state index < -0.39 is 18.4 Å². The largest absolute Gasteiger partial charge is 0.509 e. The zero-order valence-electron chi connectivity index (χ0n) is 32.5. The highest BCUT2D eigenvalue weighted by Gasteiger charge is 2.29. The highest BCUT2D eigenvalue weighted by molar-refractivity contribution is 5.86. The van der Waals surface area contributed by atoms with Gasteiger partial charge >= 0.3 is 6.16 Å². The molecular formula is C43H78O5. The standard InChI is InChI=1S/C43H78O5/c1-7-9-11-13-15-17-19-21-23-25-27-29-31-33-39(44)41(35-37(3)4)47-43(46)48-42(36-38(5)6)40(45)34-32-30-28-26-24-22-20-18-16-14-12-10-8-2/h17-20,37-38,41-42H,7-16,21-36H2,1-6H3/b19-17-,20-18-. The first-order chi connectivity index (χ1) is 23.2. The third-order valence-corrected chi connectivity index (χ3v) is 8.94. The van der Waals surface area contributed by atoms with Crippen molar-refractivity contribution in [2.75, 3.05) is 0 Å². The molecule has 0 N–H and O–H groups in total. The quantitative estimate of drug-likeness (QED) is 0.0386. The minimum atomic E-state index is -0.884. The van der Waals surface area contributed by atoms with Crippen LogP contribution in [0.5, 0.6) is 0 Å². The van der Waals surface area contributed by atoms with Gasteiger partial charge in [-0.25, -0.2) is 4.79 Å². The lowest BCUT2D eigenvalue weighted by atomic mass is 9.98. The SMILES string of the molecule is CCCCCC/C=C\CCCCCCCC(=O)C(CC(C)C)OC(=O)OC(CC(C)C)C(=O)CCCCCCC/C=C\CCCCCC. The Morgan fingerprint density at radius 3 is 1.04 bits per heavy atom. The first-order valence-corrected chi connectivity index (χ1v) is 20.4. The number of hydrogen-bond donors (Lipinski definition) is 0. The van der Waals surface area contributed by atoms with Gasteiger partial charge in [-0.05, 0) is 88.9 Å². The number of unbranched alkanes of at least 4 members (excludes halogenated alkanes) is 18. The summed E-state index contributed by atoms with van der Waals surface area (Å²) >= 11 is 0. The molecule has 0 bridgehead atoms. The van der Waals surface area contributed by atoms with Gasteiger partial charge in [0, 0.05) is 12.8 Å². The van der Waals surface area contributed by atoms with E-state index in [1.807, 2.05) is 27.7 Å². The van der Waals surface area contributed by atoms with Crippen LogP contribution in [0.1, 0.15) is 208 Å². The van der Waals surface area contributed by atoms with Gasteiger partial charge in [0.05, 0.1) is 0 Å². The number of ether oxygens (including phenoxy) is 2. The van der Waals surface area contributed by atoms with Crippen molar-refractivity contribution >= 4 is 17.7 Å². The van der Waals surface area contributed by atoms with Gasteiger partial charge in [0.1, 0.15) is 0 Å². The second-order valence-electron chi connectivity index (χ2n) is 14.9. The third kappa shape index (κ3) is 30.2. The van der Waals surface area contributed by atoms with E-state index in [4.69, 9.17) is 9.47 Å². The van der Waals surface area contributed by atoms with Crippen LogP contribution in [-0.4, -0.2) is 29.9 Å². The average molecular weight is 675 g/mol. The molecule has 2 unspecified atom stereocenters. The van der Waals surface area contributed by atoms with Gasteiger partial charge < -0.3 is 9.47 Å². The van der Waals surface area contributed by atoms with Gasteiger partial charge in [-0.15, -0.1) is 0 Å². The highest BCUT2D eigenvalue weighted by atomic mass is 16.7. The van der Waals surface area contributed by atoms with Gasteiger partial charge in [-0.3, -0.25) is 9.59 Å². The smallest absolute Gasteiger partial charge is 0.423 e. The van der Waals surface area contributed by atoms with Crippen molar-refractivity contribution in [1.29, 1.82) is 0 Å². The molecule has 0 radical (unpaired) electrons. The van der Waals surface area contributed by atoms with Crippen molar-refractivity contribution in [3.63, 3.8) is 0 Å². The first-order valence-electron chi connectivity index (χ1n) is 20.4. The van der Waals surface area contributed by atoms with Crippen LogP contribution in [0.3, 0.4) is 0 Å². The summed E-state index contributed by atoms with van der Waals surface area (Å²) in [5.74, 6) is 0.318. The van der Waals surface area contributed by atoms with Crippen molar-refractivity contribution in [2.24, 2.45) is 11.8 Å². The second kappa shape index (κ2) is 33.6. The lowest BCUT2D eigenvalue weighted by Crippen LogP contribution is -2.34. The summed E-state index contributed by atoms with van der Waals surface area (Å²) in [4.78, 5) is 39.0. The van der Waals surface area contributed by atoms with Crippen LogP contribution in [0.4, 0.5) is 4.79 Å². The number of allylic oxidation sites excluding steroid dienone is 4. The zero-order chi connectivity index (χ0) is 35.7. The molecule has 5 heteroatoms. The van der Waals surface area contributed by atoms with E-state index >= 15 is 0 Å². The zero-order valence-corrected chi connectivity index (χ0v) is 32.5. The molecule has 0 amide bonds. The number of carbonyl (C=O) groups excluding carboxylic acids is 3. The fourth-order valence-electron chi connectivity index (χ4n) is 5.96. The monoisotopic (exact) mass is 675 g/mol. The summed E-state index contributed by atoms with van der Waals surface area (Å²) in [6.45, 7) is 12.6. The van der Waals surface area contributed by atoms with E-state index in [1.165, 1.54) is 89.9 Å². The Balaban J connectivity index is 4.43. The third-order valence-electron chi connectivity index (χ3n) is 8.94. The maximum absolute atomic E-state index is 13.1. The van der Waals surface area contributed by atoms with Crippen molar-refractivity contribution in [1.82, 2.24) is 0 Å². The molecule has 0 aromatic rings. The number of rotatable bonds is 34. The second-order valence-corrected chi connectivity index (χ2v) is 14.9. The Labute approximate surface area is 297 Å². The molecule has 0 heterocycles. The first kappa shape index (κ1) is 46.1. The van der Waals surface area contributed by atoms with Crippen molar-refractivity contribution in [3.05, 3.63) is 24.3 Å². The Morgan fingerprint density at radius 2 is 0.729 bits per heavy atom. The number of carbonyl (C=O) groups is 3. The van der Waals surface area contributed by atoms with Crippen LogP contribution < -0.4 is 0 Å². The molecule has 0 aromatic carbocycles. The molecule has 0 aromatic heterocycles. The van der Waals surface area contributed by atoms with Crippen LogP contribution >= 0.6 is 0 Å². The predicted octanol–water partition coefficient (Wildman–Crippen LogP) is 13.6. The summed E-state index contributed by atoms with van der Waals surface area (Å²) in [5, 5.41) is 0. The van der Waals surface area contributed by atoms with Gasteiger partial charge in [0.2, 0.25) is 0 Å². The number of hydrogen-bond acceptors (Lipinski definition) is 5. The lowest BCUT2D eigenvalue weighted by Gasteiger charge is -2.22. The van der Waals surface area contributed by atoms with Crippen molar-refractivity contribution in [2.45, 2.75) is 221 Å². The van der Waals surface area contributed by atoms with Crippen LogP contribution in [0.15, 0.2) is 24.3 Å². The van der Waals surface area contributed by atoms with E-state index in [1.54, 1.807) is 0 Å². The fourth-order valence-corrected chi connectivity index (χ4v) is 5.96. The molecule has 0 saturated heterocycles. The van der Waals surface area contributed by atoms with Gasteiger partial charge in [0.15, 0.2) is 23.8 Å². The maximum Gasteiger partial charge on any atom is 0.509 e. The molecule has 0 saturated carbocycles. The van der Waals surface area contributed by atoms with E-state index in [-0.39, 0.29) is 23.4 Å². The van der Waals surface area contributed by atoms with E-state index in [0.717, 1.165) is 51.4 Å².